The van der Waals surface area contributed by atoms with Crippen LogP contribution in [0.4, 0.5) is 5.13 Å². The van der Waals surface area contributed by atoms with E-state index in [0.717, 1.165) is 11.3 Å². The number of nitrogens with zero attached hydrogens (tertiary/aromatic N) is 4. The third-order valence-corrected chi connectivity index (χ3v) is 8.84. The van der Waals surface area contributed by atoms with Crippen LogP contribution in [0.5, 0.6) is 0 Å². The van der Waals surface area contributed by atoms with Crippen molar-refractivity contribution in [3.63, 3.8) is 0 Å². The average Bonchev–Trinajstić information content (AvgIpc) is 3.56. The van der Waals surface area contributed by atoms with Crippen molar-refractivity contribution in [1.82, 2.24) is 20.1 Å². The fraction of sp³-hybridized carbons (Fsp3) is 0.464. The summed E-state index contributed by atoms with van der Waals surface area (Å²) in [4.78, 5) is 71.9. The molecule has 1 aromatic rings. The largest absolute Gasteiger partial charge is 0.462 e. The minimum Gasteiger partial charge on any atom is -0.462 e. The highest BCUT2D eigenvalue weighted by Gasteiger charge is 2.54. The van der Waals surface area contributed by atoms with Gasteiger partial charge in [0.25, 0.3) is 11.8 Å². The fourth-order valence-electron chi connectivity index (χ4n) is 4.64. The van der Waals surface area contributed by atoms with Gasteiger partial charge in [-0.2, -0.15) is 0 Å². The molecule has 3 amide bonds. The summed E-state index contributed by atoms with van der Waals surface area (Å²) in [6.45, 7) is 5.96. The number of thiazole rings is 1. The Bertz CT molecular complexity index is 1480. The number of ether oxygens (including phenoxy) is 2. The highest BCUT2D eigenvalue weighted by molar-refractivity contribution is 8.00. The molecule has 14 nitrogen and oxygen atoms in total. The number of β-lactam (4-membered cyclic amide) rings is 1. The molecule has 4 heterocycles. The van der Waals surface area contributed by atoms with E-state index in [0.29, 0.717) is 30.5 Å². The van der Waals surface area contributed by atoms with Crippen LogP contribution in [-0.4, -0.2) is 99.3 Å². The Morgan fingerprint density at radius 1 is 1.30 bits per heavy atom. The van der Waals surface area contributed by atoms with Gasteiger partial charge in [-0.3, -0.25) is 19.3 Å². The molecular formula is C28H34N6O8S2. The Labute approximate surface area is 262 Å². The van der Waals surface area contributed by atoms with Crippen LogP contribution >= 0.6 is 23.1 Å². The number of hydrogen-bond donors (Lipinski definition) is 3. The number of anilines is 1. The third kappa shape index (κ3) is 6.96. The number of carbonyl (C=O) groups is 5. The minimum absolute atomic E-state index is 0.0413. The molecule has 2 atom stereocenters. The second kappa shape index (κ2) is 14.1. The first kappa shape index (κ1) is 32.7. The zero-order chi connectivity index (χ0) is 32.1. The number of nitrogens with one attached hydrogen (secondary N) is 1. The van der Waals surface area contributed by atoms with Gasteiger partial charge in [0.05, 0.1) is 12.2 Å². The van der Waals surface area contributed by atoms with E-state index in [9.17, 15) is 29.2 Å². The zero-order valence-electron chi connectivity index (χ0n) is 24.7. The fourth-order valence-corrected chi connectivity index (χ4v) is 6.50. The molecule has 4 rings (SSSR count). The quantitative estimate of drug-likeness (QED) is 0.0786. The van der Waals surface area contributed by atoms with Gasteiger partial charge >= 0.3 is 11.9 Å². The highest BCUT2D eigenvalue weighted by atomic mass is 32.2. The second-order valence-electron chi connectivity index (χ2n) is 10.6. The second-order valence-corrected chi connectivity index (χ2v) is 12.6. The molecule has 0 bridgehead atoms. The smallest absolute Gasteiger partial charge is 0.355 e. The lowest BCUT2D eigenvalue weighted by Gasteiger charge is -2.49. The molecule has 0 aromatic carbocycles. The molecule has 3 aliphatic heterocycles. The number of carbonyl (C=O) groups excluding carboxylic acids is 5. The first-order valence-corrected chi connectivity index (χ1v) is 15.8. The van der Waals surface area contributed by atoms with E-state index in [2.05, 4.69) is 15.5 Å². The molecule has 0 spiro atoms. The number of nitrogen functional groups attached to an aromatic ring is 1. The van der Waals surface area contributed by atoms with E-state index in [-0.39, 0.29) is 52.9 Å². The molecule has 0 aliphatic carbocycles. The predicted octanol–water partition coefficient (Wildman–Crippen LogP) is 1.42. The summed E-state index contributed by atoms with van der Waals surface area (Å²) in [5.74, 6) is -2.78. The van der Waals surface area contributed by atoms with Crippen molar-refractivity contribution >= 4 is 63.6 Å². The van der Waals surface area contributed by atoms with Crippen LogP contribution < -0.4 is 11.1 Å². The summed E-state index contributed by atoms with van der Waals surface area (Å²) in [5.41, 5.74) is 6.22. The lowest BCUT2D eigenvalue weighted by Crippen LogP contribution is -2.71. The number of rotatable bonds is 11. The molecule has 0 saturated carbocycles. The summed E-state index contributed by atoms with van der Waals surface area (Å²) >= 11 is 2.33. The van der Waals surface area contributed by atoms with Crippen molar-refractivity contribution < 1.29 is 38.7 Å². The van der Waals surface area contributed by atoms with Crippen LogP contribution in [0.1, 0.15) is 39.3 Å². The standard InChI is InChI=1S/C28H34N6O8S2/c1-5-6-16(26(38)41-10-14(2)3)11-42-27(39)21-17(9-15-7-8-33(4)23(15)36)12-43-25-20(24(37)34(21)25)31-22(35)19(32-40)18-13-44-28(29)30-18/h6,9,13-14,20,25,40H,5,7-8,10-12H2,1-4H3,(H2,29,30)(H,31,35). The SMILES string of the molecule is CCC=C(COC(=O)C1=C(C=C2CCN(C)C2=O)CSC2C(NC(=O)C(=NO)c3csc(N)n3)C(=O)N12)C(=O)OCC(C)C. The van der Waals surface area contributed by atoms with Gasteiger partial charge in [-0.1, -0.05) is 32.0 Å². The van der Waals surface area contributed by atoms with E-state index in [1.165, 1.54) is 22.0 Å². The summed E-state index contributed by atoms with van der Waals surface area (Å²) < 4.78 is 10.8. The maximum Gasteiger partial charge on any atom is 0.355 e. The van der Waals surface area contributed by atoms with E-state index < -0.39 is 40.9 Å². The maximum atomic E-state index is 13.6. The summed E-state index contributed by atoms with van der Waals surface area (Å²) in [7, 11) is 1.68. The molecule has 0 radical (unpaired) electrons. The normalized spacial score (nSPS) is 21.5. The van der Waals surface area contributed by atoms with Crippen LogP contribution in [-0.2, 0) is 33.4 Å². The number of likely N-dealkylation sites (tertiary alicyclic amines) is 1. The van der Waals surface area contributed by atoms with E-state index >= 15 is 0 Å². The number of aromatic nitrogens is 1. The van der Waals surface area contributed by atoms with Crippen LogP contribution in [0.25, 0.3) is 0 Å². The molecule has 236 valence electrons. The molecule has 3 aliphatic rings. The monoisotopic (exact) mass is 646 g/mol. The number of amides is 3. The van der Waals surface area contributed by atoms with Crippen molar-refractivity contribution in [2.24, 2.45) is 11.1 Å². The van der Waals surface area contributed by atoms with Crippen LogP contribution in [0.2, 0.25) is 0 Å². The van der Waals surface area contributed by atoms with Gasteiger partial charge in [-0.25, -0.2) is 14.6 Å². The molecule has 44 heavy (non-hydrogen) atoms. The van der Waals surface area contributed by atoms with Crippen molar-refractivity contribution in [1.29, 1.82) is 0 Å². The van der Waals surface area contributed by atoms with Crippen LogP contribution in [0.15, 0.2) is 45.1 Å². The van der Waals surface area contributed by atoms with Crippen molar-refractivity contribution in [3.05, 3.63) is 45.6 Å². The van der Waals surface area contributed by atoms with Gasteiger partial charge in [0, 0.05) is 30.3 Å². The Balaban J connectivity index is 1.57. The van der Waals surface area contributed by atoms with Gasteiger partial charge in [0.2, 0.25) is 5.91 Å². The van der Waals surface area contributed by atoms with E-state index in [4.69, 9.17) is 15.2 Å². The maximum absolute atomic E-state index is 13.6. The average molecular weight is 647 g/mol. The first-order valence-electron chi connectivity index (χ1n) is 13.9. The van der Waals surface area contributed by atoms with Gasteiger partial charge in [-0.15, -0.1) is 23.1 Å². The first-order chi connectivity index (χ1) is 21.0. The van der Waals surface area contributed by atoms with Crippen molar-refractivity contribution in [3.8, 4) is 0 Å². The Morgan fingerprint density at radius 2 is 2.05 bits per heavy atom. The zero-order valence-corrected chi connectivity index (χ0v) is 26.3. The number of esters is 2. The Hall–Kier alpha value is -4.18. The number of fused-ring (bicyclic) bond motifs is 1. The molecule has 2 saturated heterocycles. The highest BCUT2D eigenvalue weighted by Crippen LogP contribution is 2.41. The van der Waals surface area contributed by atoms with Crippen molar-refractivity contribution in [2.75, 3.05) is 38.3 Å². The molecule has 16 heteroatoms. The third-order valence-electron chi connectivity index (χ3n) is 6.86. The van der Waals surface area contributed by atoms with Gasteiger partial charge in [0.1, 0.15) is 29.4 Å². The number of oxime groups is 1. The Morgan fingerprint density at radius 3 is 2.64 bits per heavy atom. The minimum atomic E-state index is -1.06. The predicted molar refractivity (Wildman–Crippen MR) is 162 cm³/mol. The summed E-state index contributed by atoms with van der Waals surface area (Å²) in [6, 6.07) is -1.06. The molecule has 2 fully saturated rings. The number of hydrogen-bond acceptors (Lipinski definition) is 13. The molecule has 4 N–H and O–H groups in total. The number of nitrogens with two attached hydrogens (primary N) is 1. The summed E-state index contributed by atoms with van der Waals surface area (Å²) in [5, 5.41) is 15.9. The van der Waals surface area contributed by atoms with Gasteiger partial charge in [0.15, 0.2) is 10.8 Å². The molecule has 1 aromatic heterocycles. The van der Waals surface area contributed by atoms with Gasteiger partial charge < -0.3 is 30.6 Å². The lowest BCUT2D eigenvalue weighted by atomic mass is 10.0. The van der Waals surface area contributed by atoms with Gasteiger partial charge in [-0.05, 0) is 30.4 Å². The van der Waals surface area contributed by atoms with E-state index in [1.54, 1.807) is 24.1 Å². The molecule has 2 unspecified atom stereocenters. The van der Waals surface area contributed by atoms with Crippen LogP contribution in [0.3, 0.4) is 0 Å². The Kier molecular flexibility index (Phi) is 10.5. The van der Waals surface area contributed by atoms with Crippen molar-refractivity contribution in [2.45, 2.75) is 45.0 Å². The number of allylic oxidation sites excluding steroid dienone is 2. The molecular weight excluding hydrogens is 612 g/mol. The number of likely N-dealkylation sites (N-methyl/N-ethyl adjacent to an activating group) is 1. The van der Waals surface area contributed by atoms with E-state index in [1.807, 2.05) is 20.8 Å². The number of thioether (sulfide) groups is 1. The van der Waals surface area contributed by atoms with Crippen LogP contribution in [0, 0.1) is 5.92 Å². The topological polar surface area (TPSA) is 194 Å². The lowest BCUT2D eigenvalue weighted by molar-refractivity contribution is -0.152. The summed E-state index contributed by atoms with van der Waals surface area (Å²) in [6.07, 6.45) is 4.18.